The van der Waals surface area contributed by atoms with E-state index in [1.54, 1.807) is 0 Å². The Bertz CT molecular complexity index is 91.4. The summed E-state index contributed by atoms with van der Waals surface area (Å²) >= 11 is 5.36. The molecule has 0 aliphatic carbocycles. The zero-order valence-corrected chi connectivity index (χ0v) is 9.74. The summed E-state index contributed by atoms with van der Waals surface area (Å²) in [6, 6.07) is 0. The van der Waals surface area contributed by atoms with Crippen molar-refractivity contribution < 1.29 is 2.85 Å². The van der Waals surface area contributed by atoms with Crippen LogP contribution in [0.15, 0.2) is 0 Å². The number of hydrogen-bond acceptors (Lipinski definition) is 0. The van der Waals surface area contributed by atoms with E-state index in [-0.39, 0.29) is 25.9 Å². The molecule has 0 aromatic heterocycles. The maximum absolute atomic E-state index is 3.31. The van der Waals surface area contributed by atoms with Crippen molar-refractivity contribution in [3.63, 3.8) is 0 Å². The molecule has 0 rings (SSSR count). The first kappa shape index (κ1) is 12.2. The van der Waals surface area contributed by atoms with Gasteiger partial charge in [0.1, 0.15) is 0 Å². The van der Waals surface area contributed by atoms with Crippen molar-refractivity contribution in [2.24, 2.45) is 0 Å². The number of rotatable bonds is 2. The van der Waals surface area contributed by atoms with Gasteiger partial charge in [-0.15, -0.1) is 0 Å². The van der Waals surface area contributed by atoms with Gasteiger partial charge in [-0.05, 0) is 10.3 Å². The van der Waals surface area contributed by atoms with Crippen LogP contribution in [0.3, 0.4) is 0 Å². The molecule has 0 saturated heterocycles. The molecule has 3 heteroatoms. The summed E-state index contributed by atoms with van der Waals surface area (Å²) in [7, 11) is 0. The molecule has 0 amide bonds. The minimum absolute atomic E-state index is 0. The van der Waals surface area contributed by atoms with E-state index >= 15 is 0 Å². The Kier molecular flexibility index (Phi) is 17.4. The number of hydrogen-bond donors (Lipinski definition) is 0. The molecular weight excluding hydrogens is 291 g/mol. The monoisotopic (exact) mass is 298 g/mol. The summed E-state index contributed by atoms with van der Waals surface area (Å²) in [6.07, 6.45) is 2.18. The molecule has 0 unspecified atom stereocenters. The maximum atomic E-state index is 3.31. The van der Waals surface area contributed by atoms with Gasteiger partial charge in [-0.1, -0.05) is 21.9 Å². The number of alkyl halides is 1. The van der Waals surface area contributed by atoms with Gasteiger partial charge in [-0.3, -0.25) is 0 Å². The van der Waals surface area contributed by atoms with Crippen LogP contribution in [0, 0.1) is 9.85 Å². The summed E-state index contributed by atoms with van der Waals surface area (Å²) < 4.78 is 2.80. The molecule has 0 radical (unpaired) electrons. The van der Waals surface area contributed by atoms with Crippen molar-refractivity contribution in [1.29, 1.82) is 0 Å². The molecule has 8 heavy (non-hydrogen) atoms. The average molecular weight is 299 g/mol. The Balaban J connectivity index is -0.0000000600. The third-order valence-corrected chi connectivity index (χ3v) is 1.44. The third kappa shape index (κ3) is 10.5. The van der Waals surface area contributed by atoms with Gasteiger partial charge in [0.2, 0.25) is 0 Å². The van der Waals surface area contributed by atoms with Crippen molar-refractivity contribution in [3.05, 3.63) is 0 Å². The average Bonchev–Trinajstić information content (AvgIpc) is 1.69. The van der Waals surface area contributed by atoms with E-state index in [9.17, 15) is 0 Å². The molecule has 0 atom stereocenters. The molecule has 44 valence electrons. The van der Waals surface area contributed by atoms with E-state index in [0.717, 1.165) is 18.2 Å². The van der Waals surface area contributed by atoms with Gasteiger partial charge in [-0.2, -0.15) is 0 Å². The number of unbranched alkanes of at least 4 members (excludes halogenated alkanes) is 1. The Morgan fingerprint density at radius 3 is 2.62 bits per heavy atom. The fourth-order valence-corrected chi connectivity index (χ4v) is 0.753. The predicted octanol–water partition coefficient (Wildman–Crippen LogP) is 2.40. The fourth-order valence-electron chi connectivity index (χ4n) is 0.202. The quantitative estimate of drug-likeness (QED) is 0.241. The first-order valence-corrected chi connectivity index (χ1v) is 4.26. The van der Waals surface area contributed by atoms with Gasteiger partial charge in [0.05, 0.1) is 0 Å². The second-order valence-electron chi connectivity index (χ2n) is 1.06. The van der Waals surface area contributed by atoms with Crippen LogP contribution < -0.4 is 0 Å². The smallest absolute Gasteiger partial charge is 1.00 e. The van der Waals surface area contributed by atoms with E-state index in [0.29, 0.717) is 0 Å². The minimum Gasteiger partial charge on any atom is -1.00 e. The zero-order chi connectivity index (χ0) is 5.54. The Morgan fingerprint density at radius 1 is 1.62 bits per heavy atom. The van der Waals surface area contributed by atoms with Crippen molar-refractivity contribution >= 4 is 61.6 Å². The van der Waals surface area contributed by atoms with Gasteiger partial charge in [0.25, 0.3) is 0 Å². The zero-order valence-electron chi connectivity index (χ0n) is 6.58. The van der Waals surface area contributed by atoms with Crippen LogP contribution in [0.2, 0.25) is 0 Å². The molecule has 0 aromatic carbocycles. The molecule has 0 spiro atoms. The van der Waals surface area contributed by atoms with Gasteiger partial charge < -0.3 is 2.85 Å². The first-order chi connectivity index (χ1) is 3.41. The van der Waals surface area contributed by atoms with Crippen LogP contribution in [0.4, 0.5) is 0 Å². The van der Waals surface area contributed by atoms with Crippen LogP contribution in [-0.2, 0) is 0 Å². The topological polar surface area (TPSA) is 0 Å². The molecule has 0 fully saturated rings. The van der Waals surface area contributed by atoms with E-state index in [1.165, 1.54) is 0 Å². The van der Waals surface area contributed by atoms with Crippen LogP contribution in [-0.4, -0.2) is 28.4 Å². The second-order valence-corrected chi connectivity index (χ2v) is 2.40. The van der Waals surface area contributed by atoms with Gasteiger partial charge in [-0.25, -0.2) is 0 Å². The Morgan fingerprint density at radius 2 is 2.25 bits per heavy atom. The molecule has 0 aromatic rings. The molecule has 0 aliphatic rings. The number of halogens is 2. The summed E-state index contributed by atoms with van der Waals surface area (Å²) in [5, 5.41) is 1.07. The summed E-state index contributed by atoms with van der Waals surface area (Å²) in [4.78, 5) is 0. The van der Waals surface area contributed by atoms with Crippen LogP contribution >= 0.6 is 38.5 Å². The van der Waals surface area contributed by atoms with Crippen LogP contribution in [0.5, 0.6) is 0 Å². The molecule has 0 N–H and O–H groups in total. The van der Waals surface area contributed by atoms with E-state index in [4.69, 9.17) is 0 Å². The summed E-state index contributed by atoms with van der Waals surface area (Å²) in [5.74, 6) is 2.96. The van der Waals surface area contributed by atoms with Crippen molar-refractivity contribution in [2.75, 3.05) is 5.33 Å². The Labute approximate surface area is 91.6 Å². The van der Waals surface area contributed by atoms with Gasteiger partial charge in [0.15, 0.2) is 0 Å². The molecule has 0 heterocycles. The first-order valence-electron chi connectivity index (χ1n) is 2.06. The maximum Gasteiger partial charge on any atom is 2.00 e. The van der Waals surface area contributed by atoms with Crippen molar-refractivity contribution in [1.82, 2.24) is 0 Å². The molecule has 0 aliphatic heterocycles. The standard InChI is InChI=1S/C5H6BrI.Mg.2H/c6-4-2-1-3-5-7;;;/h1-2,4H2;;;/q;+2;2*-1. The molecule has 0 bridgehead atoms. The normalized spacial score (nSPS) is 6.25. The van der Waals surface area contributed by atoms with E-state index in [2.05, 4.69) is 48.4 Å². The minimum atomic E-state index is 0. The van der Waals surface area contributed by atoms with E-state index in [1.807, 2.05) is 0 Å². The van der Waals surface area contributed by atoms with Crippen LogP contribution in [0.25, 0.3) is 0 Å². The summed E-state index contributed by atoms with van der Waals surface area (Å²) in [6.45, 7) is 0. The van der Waals surface area contributed by atoms with E-state index < -0.39 is 0 Å². The summed E-state index contributed by atoms with van der Waals surface area (Å²) in [5.41, 5.74) is 0. The third-order valence-electron chi connectivity index (χ3n) is 0.502. The van der Waals surface area contributed by atoms with Gasteiger partial charge >= 0.3 is 23.1 Å². The molecule has 0 saturated carbocycles. The van der Waals surface area contributed by atoms with Gasteiger partial charge in [0, 0.05) is 34.3 Å². The predicted molar refractivity (Wildman–Crippen MR) is 52.8 cm³/mol. The largest absolute Gasteiger partial charge is 2.00 e. The molecular formula is C5H8BrIMg. The van der Waals surface area contributed by atoms with Crippen molar-refractivity contribution in [3.8, 4) is 9.85 Å². The molecule has 0 nitrogen and oxygen atoms in total. The van der Waals surface area contributed by atoms with Crippen LogP contribution in [0.1, 0.15) is 15.7 Å². The Hall–Kier alpha value is 1.54. The van der Waals surface area contributed by atoms with Crippen molar-refractivity contribution in [2.45, 2.75) is 12.8 Å². The SMILES string of the molecule is BrCCCC#CI.[H-].[H-].[Mg+2]. The second kappa shape index (κ2) is 11.3. The fraction of sp³-hybridized carbons (Fsp3) is 0.600.